The van der Waals surface area contributed by atoms with Crippen LogP contribution in [0.4, 0.5) is 36.6 Å². The van der Waals surface area contributed by atoms with Gasteiger partial charge in [0.05, 0.1) is 5.66 Å². The second-order valence-corrected chi connectivity index (χ2v) is 8.23. The summed E-state index contributed by atoms with van der Waals surface area (Å²) in [5, 5.41) is 8.55. The standard InChI is InChI=1S/C20H17F7N6O/c21-12-3-1-11(2-4-12)17(7-18(28,8-17)30-10-34)9-29-15-5-13(19(22,23)24)31-16-6-14(20(25,26)27)32-33(15)16/h1-6,10,29H,7-9,28H2,(H,30,34). The zero-order chi connectivity index (χ0) is 24.9. The lowest BCUT2D eigenvalue weighted by Crippen LogP contribution is -2.69. The maximum atomic E-state index is 13.4. The Morgan fingerprint density at radius 2 is 1.65 bits per heavy atom. The summed E-state index contributed by atoms with van der Waals surface area (Å²) in [6, 6.07) is 6.29. The number of fused-ring (bicyclic) bond motifs is 1. The first-order chi connectivity index (χ1) is 15.7. The second-order valence-electron chi connectivity index (χ2n) is 8.23. The fraction of sp³-hybridized carbons (Fsp3) is 0.350. The Kier molecular flexibility index (Phi) is 5.46. The molecule has 0 spiro atoms. The van der Waals surface area contributed by atoms with Crippen molar-refractivity contribution in [1.29, 1.82) is 0 Å². The summed E-state index contributed by atoms with van der Waals surface area (Å²) in [5.74, 6) is -0.898. The number of halogens is 7. The van der Waals surface area contributed by atoms with Gasteiger partial charge in [-0.15, -0.1) is 0 Å². The van der Waals surface area contributed by atoms with Gasteiger partial charge in [0.2, 0.25) is 6.41 Å². The van der Waals surface area contributed by atoms with Crippen molar-refractivity contribution < 1.29 is 35.5 Å². The van der Waals surface area contributed by atoms with E-state index < -0.39 is 46.3 Å². The summed E-state index contributed by atoms with van der Waals surface area (Å²) < 4.78 is 93.4. The fourth-order valence-corrected chi connectivity index (χ4v) is 4.25. The number of nitrogens with one attached hydrogen (secondary N) is 2. The Bertz CT molecular complexity index is 1210. The van der Waals surface area contributed by atoms with E-state index in [-0.39, 0.29) is 25.2 Å². The van der Waals surface area contributed by atoms with E-state index in [0.29, 0.717) is 28.6 Å². The lowest BCUT2D eigenvalue weighted by molar-refractivity contribution is -0.142. The predicted octanol–water partition coefficient (Wildman–Crippen LogP) is 3.45. The molecule has 1 fully saturated rings. The fourth-order valence-electron chi connectivity index (χ4n) is 4.25. The first-order valence-corrected chi connectivity index (χ1v) is 9.80. The molecule has 2 aromatic heterocycles. The van der Waals surface area contributed by atoms with Crippen molar-refractivity contribution in [2.45, 2.75) is 36.3 Å². The van der Waals surface area contributed by atoms with Crippen molar-refractivity contribution in [3.05, 3.63) is 59.2 Å². The molecule has 0 unspecified atom stereocenters. The molecule has 1 amide bonds. The highest BCUT2D eigenvalue weighted by atomic mass is 19.4. The number of anilines is 1. The minimum Gasteiger partial charge on any atom is -0.369 e. The molecule has 14 heteroatoms. The van der Waals surface area contributed by atoms with E-state index in [2.05, 4.69) is 20.7 Å². The van der Waals surface area contributed by atoms with Gasteiger partial charge in [0, 0.05) is 24.1 Å². The molecule has 34 heavy (non-hydrogen) atoms. The number of carbonyl (C=O) groups is 1. The third-order valence-corrected chi connectivity index (χ3v) is 5.73. The van der Waals surface area contributed by atoms with Crippen molar-refractivity contribution in [2.24, 2.45) is 5.73 Å². The number of amides is 1. The zero-order valence-electron chi connectivity index (χ0n) is 17.1. The van der Waals surface area contributed by atoms with E-state index in [0.717, 1.165) is 0 Å². The van der Waals surface area contributed by atoms with E-state index in [4.69, 9.17) is 5.73 Å². The van der Waals surface area contributed by atoms with Gasteiger partial charge in [0.1, 0.15) is 11.6 Å². The second kappa shape index (κ2) is 7.82. The lowest BCUT2D eigenvalue weighted by atomic mass is 9.58. The van der Waals surface area contributed by atoms with E-state index >= 15 is 0 Å². The number of hydrogen-bond acceptors (Lipinski definition) is 5. The molecule has 4 rings (SSSR count). The van der Waals surface area contributed by atoms with Crippen LogP contribution in [0.25, 0.3) is 5.65 Å². The number of aromatic nitrogens is 3. The highest BCUT2D eigenvalue weighted by Crippen LogP contribution is 2.48. The van der Waals surface area contributed by atoms with Crippen molar-refractivity contribution >= 4 is 17.9 Å². The topological polar surface area (TPSA) is 97.3 Å². The van der Waals surface area contributed by atoms with Crippen LogP contribution in [0.5, 0.6) is 0 Å². The molecule has 1 aliphatic carbocycles. The molecule has 0 bridgehead atoms. The maximum absolute atomic E-state index is 13.4. The quantitative estimate of drug-likeness (QED) is 0.280. The van der Waals surface area contributed by atoms with Gasteiger partial charge < -0.3 is 16.4 Å². The largest absolute Gasteiger partial charge is 0.435 e. The van der Waals surface area contributed by atoms with Crippen LogP contribution in [-0.2, 0) is 22.6 Å². The highest BCUT2D eigenvalue weighted by molar-refractivity contribution is 5.53. The number of alkyl halides is 6. The Hall–Kier alpha value is -3.42. The van der Waals surface area contributed by atoms with Gasteiger partial charge in [0.25, 0.3) is 0 Å². The third-order valence-electron chi connectivity index (χ3n) is 5.73. The lowest BCUT2D eigenvalue weighted by Gasteiger charge is -2.54. The van der Waals surface area contributed by atoms with Gasteiger partial charge in [-0.05, 0) is 30.5 Å². The molecular formula is C20H17F7N6O. The van der Waals surface area contributed by atoms with Gasteiger partial charge in [-0.3, -0.25) is 4.79 Å². The number of carbonyl (C=O) groups excluding carboxylic acids is 1. The van der Waals surface area contributed by atoms with Gasteiger partial charge in [0.15, 0.2) is 17.0 Å². The minimum atomic E-state index is -4.92. The van der Waals surface area contributed by atoms with Crippen molar-refractivity contribution in [1.82, 2.24) is 19.9 Å². The summed E-state index contributed by atoms with van der Waals surface area (Å²) >= 11 is 0. The zero-order valence-corrected chi connectivity index (χ0v) is 17.1. The Balaban J connectivity index is 1.73. The van der Waals surface area contributed by atoms with Crippen LogP contribution in [0.3, 0.4) is 0 Å². The monoisotopic (exact) mass is 490 g/mol. The molecule has 2 heterocycles. The van der Waals surface area contributed by atoms with E-state index in [1.165, 1.54) is 24.3 Å². The molecular weight excluding hydrogens is 473 g/mol. The smallest absolute Gasteiger partial charge is 0.369 e. The molecule has 1 aliphatic rings. The van der Waals surface area contributed by atoms with Crippen LogP contribution in [0.2, 0.25) is 0 Å². The van der Waals surface area contributed by atoms with Crippen LogP contribution in [-0.4, -0.2) is 33.2 Å². The Labute approximate surface area is 187 Å². The molecule has 7 nitrogen and oxygen atoms in total. The average Bonchev–Trinajstić information content (AvgIpc) is 3.15. The van der Waals surface area contributed by atoms with Crippen LogP contribution in [0.15, 0.2) is 36.4 Å². The van der Waals surface area contributed by atoms with Crippen molar-refractivity contribution in [3.63, 3.8) is 0 Å². The molecule has 0 saturated heterocycles. The molecule has 0 atom stereocenters. The number of benzene rings is 1. The molecule has 182 valence electrons. The Morgan fingerprint density at radius 3 is 2.21 bits per heavy atom. The average molecular weight is 490 g/mol. The van der Waals surface area contributed by atoms with Gasteiger partial charge in [-0.1, -0.05) is 12.1 Å². The summed E-state index contributed by atoms with van der Waals surface area (Å²) in [5.41, 5.74) is 1.24. The van der Waals surface area contributed by atoms with Gasteiger partial charge >= 0.3 is 12.4 Å². The minimum absolute atomic E-state index is 0.101. The summed E-state index contributed by atoms with van der Waals surface area (Å²) in [4.78, 5) is 14.1. The SMILES string of the molecule is NC1(NC=O)CC(CNc2cc(C(F)(F)F)nc3cc(C(F)(F)F)nn23)(c2ccc(F)cc2)C1. The Morgan fingerprint density at radius 1 is 1.03 bits per heavy atom. The number of rotatable bonds is 6. The van der Waals surface area contributed by atoms with Crippen LogP contribution in [0, 0.1) is 5.82 Å². The number of nitrogens with two attached hydrogens (primary N) is 1. The van der Waals surface area contributed by atoms with E-state index in [1.807, 2.05) is 0 Å². The summed E-state index contributed by atoms with van der Waals surface area (Å²) in [6.45, 7) is -0.101. The van der Waals surface area contributed by atoms with Crippen LogP contribution >= 0.6 is 0 Å². The number of hydrogen-bond donors (Lipinski definition) is 3. The van der Waals surface area contributed by atoms with Crippen LogP contribution in [0.1, 0.15) is 29.8 Å². The van der Waals surface area contributed by atoms with Crippen LogP contribution < -0.4 is 16.4 Å². The first-order valence-electron chi connectivity index (χ1n) is 9.80. The molecule has 0 aliphatic heterocycles. The van der Waals surface area contributed by atoms with E-state index in [9.17, 15) is 35.5 Å². The third kappa shape index (κ3) is 4.36. The normalized spacial score (nSPS) is 22.9. The van der Waals surface area contributed by atoms with E-state index in [1.54, 1.807) is 0 Å². The number of nitrogens with zero attached hydrogens (tertiary/aromatic N) is 3. The molecule has 3 aromatic rings. The molecule has 1 aromatic carbocycles. The molecule has 4 N–H and O–H groups in total. The molecule has 1 saturated carbocycles. The van der Waals surface area contributed by atoms with Gasteiger partial charge in [-0.2, -0.15) is 36.0 Å². The van der Waals surface area contributed by atoms with Gasteiger partial charge in [-0.25, -0.2) is 9.37 Å². The predicted molar refractivity (Wildman–Crippen MR) is 105 cm³/mol. The molecule has 0 radical (unpaired) electrons. The summed E-state index contributed by atoms with van der Waals surface area (Å²) in [7, 11) is 0. The van der Waals surface area contributed by atoms with Crippen molar-refractivity contribution in [3.8, 4) is 0 Å². The summed E-state index contributed by atoms with van der Waals surface area (Å²) in [6.07, 6.45) is -9.15. The van der Waals surface area contributed by atoms with Crippen molar-refractivity contribution in [2.75, 3.05) is 11.9 Å². The highest BCUT2D eigenvalue weighted by Gasteiger charge is 2.53. The maximum Gasteiger partial charge on any atom is 0.435 e. The first kappa shape index (κ1) is 23.7.